The van der Waals surface area contributed by atoms with E-state index in [1.165, 1.54) is 4.90 Å². The molecule has 0 aromatic heterocycles. The molecule has 3 aliphatic rings. The number of nitrogens with one attached hydrogen (secondary N) is 1. The molecule has 3 aliphatic heterocycles. The van der Waals surface area contributed by atoms with Gasteiger partial charge in [0, 0.05) is 26.1 Å². The van der Waals surface area contributed by atoms with Crippen molar-refractivity contribution in [2.75, 3.05) is 32.8 Å². The summed E-state index contributed by atoms with van der Waals surface area (Å²) >= 11 is 0. The highest BCUT2D eigenvalue weighted by molar-refractivity contribution is 5.99. The number of β-amino-alcohol motifs (C(OH)–C–C–N with tert-alkyl or cyclic N) is 1. The number of carbonyl (C=O) groups excluding carboxylic acids is 4. The van der Waals surface area contributed by atoms with Crippen LogP contribution in [-0.4, -0.2) is 89.2 Å². The van der Waals surface area contributed by atoms with E-state index >= 15 is 0 Å². The largest absolute Gasteiger partial charge is 0.463 e. The first kappa shape index (κ1) is 32.4. The molecule has 0 saturated carbocycles. The van der Waals surface area contributed by atoms with Gasteiger partial charge in [-0.05, 0) is 31.2 Å². The summed E-state index contributed by atoms with van der Waals surface area (Å²) in [4.78, 5) is 57.5. The molecule has 1 aromatic carbocycles. The number of amides is 3. The molecule has 3 amide bonds. The Morgan fingerprint density at radius 2 is 2.00 bits per heavy atom. The number of hydrogen-bond acceptors (Lipinski definition) is 7. The number of unbranched alkanes of at least 4 members (excludes halogenated alkanes) is 2. The van der Waals surface area contributed by atoms with Crippen molar-refractivity contribution in [3.63, 3.8) is 0 Å². The van der Waals surface area contributed by atoms with Crippen molar-refractivity contribution >= 4 is 23.7 Å². The second-order valence-electron chi connectivity index (χ2n) is 11.6. The summed E-state index contributed by atoms with van der Waals surface area (Å²) in [5.74, 6) is -3.06. The van der Waals surface area contributed by atoms with Gasteiger partial charge < -0.3 is 29.7 Å². The van der Waals surface area contributed by atoms with Gasteiger partial charge in [-0.15, -0.1) is 13.2 Å². The zero-order valence-electron chi connectivity index (χ0n) is 25.1. The van der Waals surface area contributed by atoms with Crippen LogP contribution in [0.25, 0.3) is 0 Å². The second-order valence-corrected chi connectivity index (χ2v) is 11.6. The van der Waals surface area contributed by atoms with E-state index in [-0.39, 0.29) is 43.9 Å². The molecule has 1 spiro atoms. The van der Waals surface area contributed by atoms with Gasteiger partial charge in [0.25, 0.3) is 0 Å². The molecule has 0 unspecified atom stereocenters. The molecule has 3 saturated heterocycles. The third-order valence-corrected chi connectivity index (χ3v) is 8.85. The molecule has 2 bridgehead atoms. The molecular weight excluding hydrogens is 550 g/mol. The normalized spacial score (nSPS) is 26.1. The van der Waals surface area contributed by atoms with Crippen LogP contribution in [0.15, 0.2) is 55.6 Å². The van der Waals surface area contributed by atoms with Crippen LogP contribution in [0.3, 0.4) is 0 Å². The lowest BCUT2D eigenvalue weighted by Gasteiger charge is -2.36. The number of ether oxygens (including phenoxy) is 2. The molecule has 10 heteroatoms. The van der Waals surface area contributed by atoms with Crippen LogP contribution >= 0.6 is 0 Å². The smallest absolute Gasteiger partial charge is 0.306 e. The van der Waals surface area contributed by atoms with Crippen LogP contribution < -0.4 is 5.32 Å². The lowest BCUT2D eigenvalue weighted by atomic mass is 9.70. The van der Waals surface area contributed by atoms with Gasteiger partial charge in [-0.25, -0.2) is 0 Å². The molecule has 1 aromatic rings. The minimum Gasteiger partial charge on any atom is -0.463 e. The van der Waals surface area contributed by atoms with Gasteiger partial charge in [-0.2, -0.15) is 0 Å². The van der Waals surface area contributed by atoms with Crippen molar-refractivity contribution in [2.45, 2.75) is 75.7 Å². The fourth-order valence-electron chi connectivity index (χ4n) is 6.90. The van der Waals surface area contributed by atoms with E-state index in [4.69, 9.17) is 9.47 Å². The summed E-state index contributed by atoms with van der Waals surface area (Å²) in [5.41, 5.74) is -0.398. The number of likely N-dealkylation sites (tertiary alicyclic amines) is 1. The number of allylic oxidation sites excluding steroid dienone is 1. The zero-order valence-corrected chi connectivity index (χ0v) is 25.1. The Hall–Kier alpha value is -3.50. The molecule has 234 valence electrons. The fraction of sp³-hybridized carbons (Fsp3) is 0.576. The van der Waals surface area contributed by atoms with Crippen molar-refractivity contribution in [1.82, 2.24) is 15.1 Å². The molecule has 6 atom stereocenters. The summed E-state index contributed by atoms with van der Waals surface area (Å²) < 4.78 is 12.0. The van der Waals surface area contributed by atoms with Crippen molar-refractivity contribution in [1.29, 1.82) is 0 Å². The highest BCUT2D eigenvalue weighted by atomic mass is 16.5. The Kier molecular flexibility index (Phi) is 11.2. The highest BCUT2D eigenvalue weighted by Crippen LogP contribution is 2.58. The zero-order chi connectivity index (χ0) is 31.0. The monoisotopic (exact) mass is 595 g/mol. The van der Waals surface area contributed by atoms with Gasteiger partial charge in [0.2, 0.25) is 17.7 Å². The third kappa shape index (κ3) is 6.70. The predicted octanol–water partition coefficient (Wildman–Crippen LogP) is 2.93. The van der Waals surface area contributed by atoms with E-state index < -0.39 is 41.6 Å². The topological polar surface area (TPSA) is 125 Å². The van der Waals surface area contributed by atoms with Gasteiger partial charge in [-0.1, -0.05) is 62.2 Å². The van der Waals surface area contributed by atoms with Gasteiger partial charge >= 0.3 is 5.97 Å². The molecule has 43 heavy (non-hydrogen) atoms. The van der Waals surface area contributed by atoms with Gasteiger partial charge in [0.05, 0.1) is 30.6 Å². The molecule has 2 N–H and O–H groups in total. The number of benzene rings is 1. The number of rotatable bonds is 17. The Labute approximate surface area is 254 Å². The Bertz CT molecular complexity index is 1170. The summed E-state index contributed by atoms with van der Waals surface area (Å²) in [5, 5.41) is 12.9. The van der Waals surface area contributed by atoms with Crippen molar-refractivity contribution in [3.05, 3.63) is 61.2 Å². The van der Waals surface area contributed by atoms with E-state index in [1.807, 2.05) is 30.3 Å². The molecule has 4 rings (SSSR count). The number of fused-ring (bicyclic) bond motifs is 1. The van der Waals surface area contributed by atoms with Crippen LogP contribution in [0.4, 0.5) is 0 Å². The first-order valence-electron chi connectivity index (χ1n) is 15.4. The Morgan fingerprint density at radius 1 is 1.23 bits per heavy atom. The van der Waals surface area contributed by atoms with Crippen LogP contribution in [0.5, 0.6) is 0 Å². The summed E-state index contributed by atoms with van der Waals surface area (Å²) in [6.07, 6.45) is 7.24. The van der Waals surface area contributed by atoms with Gasteiger partial charge in [0.15, 0.2) is 0 Å². The number of carbonyl (C=O) groups is 4. The molecule has 10 nitrogen and oxygen atoms in total. The van der Waals surface area contributed by atoms with Crippen molar-refractivity contribution in [3.8, 4) is 0 Å². The van der Waals surface area contributed by atoms with E-state index in [2.05, 4.69) is 25.4 Å². The summed E-state index contributed by atoms with van der Waals surface area (Å²) in [6.45, 7) is 9.97. The lowest BCUT2D eigenvalue weighted by molar-refractivity contribution is -0.148. The lowest BCUT2D eigenvalue weighted by Crippen LogP contribution is -2.56. The van der Waals surface area contributed by atoms with Crippen molar-refractivity contribution < 1.29 is 33.8 Å². The SMILES string of the molecule is C=CCCC(=O)OC[C@@H](NC(=O)[C@@H]1[C@@H]2CC[C@]3(O2)[C@H](C(=O)N(CC=C)CCCCC)N(CCO)C(=O)[C@@H]13)c1ccccc1. The van der Waals surface area contributed by atoms with E-state index in [1.54, 1.807) is 17.1 Å². The van der Waals surface area contributed by atoms with Gasteiger partial charge in [0.1, 0.15) is 18.2 Å². The maximum absolute atomic E-state index is 14.1. The molecule has 0 aliphatic carbocycles. The number of nitrogens with zero attached hydrogens (tertiary/aromatic N) is 2. The first-order valence-corrected chi connectivity index (χ1v) is 15.4. The maximum atomic E-state index is 14.1. The van der Waals surface area contributed by atoms with Crippen molar-refractivity contribution in [2.24, 2.45) is 11.8 Å². The number of aliphatic hydroxyl groups excluding tert-OH is 1. The average Bonchev–Trinajstić information content (AvgIpc) is 3.65. The minimum absolute atomic E-state index is 0.0277. The Morgan fingerprint density at radius 3 is 2.67 bits per heavy atom. The molecule has 3 heterocycles. The average molecular weight is 596 g/mol. The predicted molar refractivity (Wildman–Crippen MR) is 160 cm³/mol. The van der Waals surface area contributed by atoms with Gasteiger partial charge in [-0.3, -0.25) is 19.2 Å². The second kappa shape index (κ2) is 14.8. The molecular formula is C33H45N3O7. The van der Waals surface area contributed by atoms with Crippen LogP contribution in [-0.2, 0) is 28.7 Å². The number of esters is 1. The quantitative estimate of drug-likeness (QED) is 0.161. The first-order chi connectivity index (χ1) is 20.8. The van der Waals surface area contributed by atoms with Crippen LogP contribution in [0, 0.1) is 11.8 Å². The number of aliphatic hydroxyl groups is 1. The maximum Gasteiger partial charge on any atom is 0.306 e. The molecule has 0 radical (unpaired) electrons. The summed E-state index contributed by atoms with van der Waals surface area (Å²) in [6, 6.07) is 7.64. The third-order valence-electron chi connectivity index (χ3n) is 8.85. The molecule has 3 fully saturated rings. The minimum atomic E-state index is -1.15. The standard InChI is InChI=1S/C33H45N3O7/c1-4-7-12-19-35(18-6-3)32(41)29-33-17-16-25(43-33)27(28(33)31(40)36(29)20-21-37)30(39)34-24(23-13-10-9-11-14-23)22-42-26(38)15-8-5-2/h5-6,9-11,13-14,24-25,27-29,37H,2-4,7-8,12,15-22H2,1H3,(H,34,39)/t24-,25+,27-,28-,29+,33-/m1/s1. The fourth-order valence-corrected chi connectivity index (χ4v) is 6.90. The number of hydrogen-bond donors (Lipinski definition) is 2. The Balaban J connectivity index is 1.59. The van der Waals surface area contributed by atoms with E-state index in [0.717, 1.165) is 24.8 Å². The van der Waals surface area contributed by atoms with E-state index in [9.17, 15) is 24.3 Å². The van der Waals surface area contributed by atoms with Crippen LogP contribution in [0.1, 0.15) is 63.5 Å². The highest BCUT2D eigenvalue weighted by Gasteiger charge is 2.74. The van der Waals surface area contributed by atoms with Crippen LogP contribution in [0.2, 0.25) is 0 Å². The summed E-state index contributed by atoms with van der Waals surface area (Å²) in [7, 11) is 0. The van der Waals surface area contributed by atoms with E-state index in [0.29, 0.717) is 32.4 Å².